The Hall–Kier alpha value is -2.09. The van der Waals surface area contributed by atoms with Gasteiger partial charge in [0.15, 0.2) is 5.11 Å². The number of nitrogens with zero attached hydrogens (tertiary/aromatic N) is 4. The molecule has 0 aliphatic carbocycles. The Morgan fingerprint density at radius 1 is 1.13 bits per heavy atom. The molecular formula is C21H26Cl2N6S. The van der Waals surface area contributed by atoms with Gasteiger partial charge >= 0.3 is 0 Å². The van der Waals surface area contributed by atoms with Crippen LogP contribution in [-0.4, -0.2) is 24.7 Å². The summed E-state index contributed by atoms with van der Waals surface area (Å²) in [6.45, 7) is 11.6. The first-order valence-corrected chi connectivity index (χ1v) is 10.9. The van der Waals surface area contributed by atoms with Crippen LogP contribution in [0.1, 0.15) is 48.1 Å². The van der Waals surface area contributed by atoms with E-state index in [9.17, 15) is 0 Å². The lowest BCUT2D eigenvalue weighted by atomic mass is 10.1. The number of hydrogen-bond donors (Lipinski definition) is 2. The highest BCUT2D eigenvalue weighted by molar-refractivity contribution is 7.80. The minimum Gasteiger partial charge on any atom is -0.356 e. The molecule has 0 spiro atoms. The summed E-state index contributed by atoms with van der Waals surface area (Å²) in [5.74, 6) is 0. The van der Waals surface area contributed by atoms with Crippen molar-refractivity contribution in [3.63, 3.8) is 0 Å². The molecule has 0 fully saturated rings. The summed E-state index contributed by atoms with van der Waals surface area (Å²) in [4.78, 5) is 0. The van der Waals surface area contributed by atoms with Gasteiger partial charge in [-0.3, -0.25) is 9.36 Å². The molecule has 9 heteroatoms. The van der Waals surface area contributed by atoms with E-state index < -0.39 is 0 Å². The zero-order valence-corrected chi connectivity index (χ0v) is 20.1. The number of halogens is 2. The van der Waals surface area contributed by atoms with Gasteiger partial charge in [-0.1, -0.05) is 29.3 Å². The Morgan fingerprint density at radius 2 is 1.87 bits per heavy atom. The smallest absolute Gasteiger partial charge is 0.171 e. The molecule has 0 amide bonds. The van der Waals surface area contributed by atoms with Gasteiger partial charge in [0.25, 0.3) is 0 Å². The molecule has 2 heterocycles. The molecule has 2 N–H and O–H groups in total. The minimum absolute atomic E-state index is 0.0390. The average Bonchev–Trinajstić information content (AvgIpc) is 3.19. The van der Waals surface area contributed by atoms with E-state index in [0.717, 1.165) is 40.4 Å². The lowest BCUT2D eigenvalue weighted by molar-refractivity contribution is 0.633. The lowest BCUT2D eigenvalue weighted by Crippen LogP contribution is -2.31. The summed E-state index contributed by atoms with van der Waals surface area (Å²) in [6, 6.07) is 5.65. The number of benzene rings is 1. The van der Waals surface area contributed by atoms with Crippen LogP contribution >= 0.6 is 35.4 Å². The highest BCUT2D eigenvalue weighted by atomic mass is 35.5. The minimum atomic E-state index is 0.0390. The third kappa shape index (κ3) is 4.79. The van der Waals surface area contributed by atoms with E-state index in [1.165, 1.54) is 0 Å². The maximum absolute atomic E-state index is 6.14. The van der Waals surface area contributed by atoms with Crippen LogP contribution in [0.25, 0.3) is 0 Å². The van der Waals surface area contributed by atoms with Crippen LogP contribution in [0.5, 0.6) is 0 Å². The van der Waals surface area contributed by atoms with E-state index in [2.05, 4.69) is 41.6 Å². The number of anilines is 1. The summed E-state index contributed by atoms with van der Waals surface area (Å²) >= 11 is 17.7. The van der Waals surface area contributed by atoms with Crippen molar-refractivity contribution in [2.24, 2.45) is 0 Å². The number of rotatable bonds is 6. The normalized spacial score (nSPS) is 12.1. The van der Waals surface area contributed by atoms with Crippen molar-refractivity contribution in [1.82, 2.24) is 24.9 Å². The second-order valence-corrected chi connectivity index (χ2v) is 8.50. The third-order valence-corrected chi connectivity index (χ3v) is 6.15. The highest BCUT2D eigenvalue weighted by Gasteiger charge is 2.17. The molecule has 30 heavy (non-hydrogen) atoms. The molecule has 3 rings (SSSR count). The van der Waals surface area contributed by atoms with Gasteiger partial charge in [0, 0.05) is 17.8 Å². The molecule has 1 aromatic carbocycles. The Bertz CT molecular complexity index is 1070. The summed E-state index contributed by atoms with van der Waals surface area (Å²) in [5.41, 5.74) is 6.07. The quantitative estimate of drug-likeness (QED) is 0.476. The Balaban J connectivity index is 1.71. The standard InChI is InChI=1S/C21H26Cl2N6S/c1-6-28-14(4)17(10-24-28)12(2)25-21(30)26-20-13(3)27-29(15(20)5)11-16-7-8-18(22)19(23)9-16/h7-10,12H,6,11H2,1-5H3,(H2,25,26,30). The predicted octanol–water partition coefficient (Wildman–Crippen LogP) is 5.43. The first-order valence-electron chi connectivity index (χ1n) is 9.79. The van der Waals surface area contributed by atoms with Gasteiger partial charge in [0.1, 0.15) is 0 Å². The van der Waals surface area contributed by atoms with E-state index in [4.69, 9.17) is 35.4 Å². The number of nitrogens with one attached hydrogen (secondary N) is 2. The zero-order valence-electron chi connectivity index (χ0n) is 17.8. The van der Waals surface area contributed by atoms with Crippen LogP contribution in [-0.2, 0) is 13.1 Å². The molecule has 0 bridgehead atoms. The van der Waals surface area contributed by atoms with Crippen molar-refractivity contribution < 1.29 is 0 Å². The second kappa shape index (κ2) is 9.37. The van der Waals surface area contributed by atoms with Crippen molar-refractivity contribution in [3.05, 3.63) is 62.6 Å². The van der Waals surface area contributed by atoms with Crippen molar-refractivity contribution in [1.29, 1.82) is 0 Å². The molecule has 6 nitrogen and oxygen atoms in total. The largest absolute Gasteiger partial charge is 0.356 e. The van der Waals surface area contributed by atoms with Crippen LogP contribution < -0.4 is 10.6 Å². The van der Waals surface area contributed by atoms with Crippen molar-refractivity contribution >= 4 is 46.2 Å². The fourth-order valence-corrected chi connectivity index (χ4v) is 4.07. The Labute approximate surface area is 192 Å². The zero-order chi connectivity index (χ0) is 22.0. The Morgan fingerprint density at radius 3 is 2.50 bits per heavy atom. The van der Waals surface area contributed by atoms with Crippen LogP contribution in [0.3, 0.4) is 0 Å². The van der Waals surface area contributed by atoms with E-state index in [-0.39, 0.29) is 6.04 Å². The third-order valence-electron chi connectivity index (χ3n) is 5.19. The molecule has 0 saturated heterocycles. The number of thiocarbonyl (C=S) groups is 1. The van der Waals surface area contributed by atoms with Crippen molar-refractivity contribution in [3.8, 4) is 0 Å². The SMILES string of the molecule is CCn1ncc(C(C)NC(=S)Nc2c(C)nn(Cc3ccc(Cl)c(Cl)c3)c2C)c1C. The fraction of sp³-hybridized carbons (Fsp3) is 0.381. The maximum atomic E-state index is 6.14. The molecule has 0 radical (unpaired) electrons. The van der Waals surface area contributed by atoms with Crippen LogP contribution in [0.15, 0.2) is 24.4 Å². The van der Waals surface area contributed by atoms with Gasteiger partial charge in [-0.05, 0) is 64.5 Å². The van der Waals surface area contributed by atoms with E-state index >= 15 is 0 Å². The van der Waals surface area contributed by atoms with Gasteiger partial charge in [0.2, 0.25) is 0 Å². The molecule has 0 saturated carbocycles. The molecule has 3 aromatic rings. The average molecular weight is 465 g/mol. The summed E-state index contributed by atoms with van der Waals surface area (Å²) in [6.07, 6.45) is 1.89. The topological polar surface area (TPSA) is 59.7 Å². The first kappa shape index (κ1) is 22.6. The van der Waals surface area contributed by atoms with Gasteiger partial charge in [0.05, 0.1) is 45.9 Å². The molecule has 1 unspecified atom stereocenters. The van der Waals surface area contributed by atoms with Gasteiger partial charge in [-0.15, -0.1) is 0 Å². The van der Waals surface area contributed by atoms with Gasteiger partial charge < -0.3 is 10.6 Å². The molecule has 0 aliphatic rings. The number of aromatic nitrogens is 4. The molecule has 2 aromatic heterocycles. The van der Waals surface area contributed by atoms with Gasteiger partial charge in [-0.25, -0.2) is 0 Å². The maximum Gasteiger partial charge on any atom is 0.171 e. The molecular weight excluding hydrogens is 439 g/mol. The molecule has 1 atom stereocenters. The van der Waals surface area contributed by atoms with Gasteiger partial charge in [-0.2, -0.15) is 10.2 Å². The summed E-state index contributed by atoms with van der Waals surface area (Å²) in [5, 5.41) is 17.3. The second-order valence-electron chi connectivity index (χ2n) is 7.27. The first-order chi connectivity index (χ1) is 14.2. The van der Waals surface area contributed by atoms with Crippen molar-refractivity contribution in [2.75, 3.05) is 5.32 Å². The predicted molar refractivity (Wildman–Crippen MR) is 128 cm³/mol. The van der Waals surface area contributed by atoms with E-state index in [1.807, 2.05) is 41.5 Å². The monoisotopic (exact) mass is 464 g/mol. The highest BCUT2D eigenvalue weighted by Crippen LogP contribution is 2.25. The summed E-state index contributed by atoms with van der Waals surface area (Å²) in [7, 11) is 0. The van der Waals surface area contributed by atoms with Crippen LogP contribution in [0, 0.1) is 20.8 Å². The Kier molecular flexibility index (Phi) is 7.06. The fourth-order valence-electron chi connectivity index (χ4n) is 3.47. The van der Waals surface area contributed by atoms with E-state index in [0.29, 0.717) is 21.7 Å². The summed E-state index contributed by atoms with van der Waals surface area (Å²) < 4.78 is 3.91. The molecule has 160 valence electrons. The lowest BCUT2D eigenvalue weighted by Gasteiger charge is -2.17. The van der Waals surface area contributed by atoms with Crippen LogP contribution in [0.2, 0.25) is 10.0 Å². The van der Waals surface area contributed by atoms with E-state index in [1.54, 1.807) is 6.07 Å². The van der Waals surface area contributed by atoms with Crippen molar-refractivity contribution in [2.45, 2.75) is 53.8 Å². The molecule has 0 aliphatic heterocycles. The number of aryl methyl sites for hydroxylation is 2. The van der Waals surface area contributed by atoms with Crippen LogP contribution in [0.4, 0.5) is 5.69 Å². The number of hydrogen-bond acceptors (Lipinski definition) is 3.